The van der Waals surface area contributed by atoms with E-state index in [0.29, 0.717) is 5.56 Å². The van der Waals surface area contributed by atoms with Gasteiger partial charge in [-0.2, -0.15) is 0 Å². The van der Waals surface area contributed by atoms with Crippen molar-refractivity contribution in [2.24, 2.45) is 4.99 Å². The summed E-state index contributed by atoms with van der Waals surface area (Å²) >= 11 is 0. The van der Waals surface area contributed by atoms with Gasteiger partial charge in [0.2, 0.25) is 0 Å². The monoisotopic (exact) mass is 278 g/mol. The van der Waals surface area contributed by atoms with E-state index in [1.54, 1.807) is 0 Å². The van der Waals surface area contributed by atoms with Gasteiger partial charge in [0.25, 0.3) is 5.91 Å². The number of amides is 1. The molecule has 0 saturated carbocycles. The molecule has 106 valence electrons. The largest absolute Gasteiger partial charge is 0.480 e. The van der Waals surface area contributed by atoms with Crippen molar-refractivity contribution in [1.29, 1.82) is 0 Å². The number of benzene rings is 1. The first-order chi connectivity index (χ1) is 9.28. The predicted octanol–water partition coefficient (Wildman–Crippen LogP) is 1.32. The van der Waals surface area contributed by atoms with Crippen molar-refractivity contribution in [3.63, 3.8) is 0 Å². The Hall–Kier alpha value is -2.24. The fourth-order valence-corrected chi connectivity index (χ4v) is 2.16. The molecule has 1 heterocycles. The van der Waals surface area contributed by atoms with Crippen molar-refractivity contribution in [3.05, 3.63) is 35.6 Å². The maximum Gasteiger partial charge on any atom is 0.323 e. The number of carboxylic acids is 1. The number of carbonyl (C=O) groups is 2. The topological polar surface area (TPSA) is 70.0 Å². The van der Waals surface area contributed by atoms with Crippen LogP contribution in [-0.2, 0) is 9.59 Å². The summed E-state index contributed by atoms with van der Waals surface area (Å²) in [6, 6.07) is 5.42. The zero-order valence-corrected chi connectivity index (χ0v) is 11.3. The third kappa shape index (κ3) is 3.01. The number of aliphatic carboxylic acids is 1. The molecule has 1 aromatic carbocycles. The maximum absolute atomic E-state index is 12.9. The number of carboxylic acid groups (broad SMARTS) is 1. The molecule has 0 spiro atoms. The standard InChI is InChI=1S/C14H15FN2O3/c1-14(2)8-17(7-11(18)19)13(20)12(16-14)9-3-5-10(15)6-4-9/h3-6H,7-8H2,1-2H3,(H,18,19). The highest BCUT2D eigenvalue weighted by Gasteiger charge is 2.34. The lowest BCUT2D eigenvalue weighted by Gasteiger charge is -2.34. The number of hydrogen-bond donors (Lipinski definition) is 1. The van der Waals surface area contributed by atoms with E-state index in [-0.39, 0.29) is 18.8 Å². The molecule has 20 heavy (non-hydrogen) atoms. The Labute approximate surface area is 115 Å². The number of carbonyl (C=O) groups excluding carboxylic acids is 1. The molecule has 1 aliphatic rings. The molecule has 0 aromatic heterocycles. The lowest BCUT2D eigenvalue weighted by Crippen LogP contribution is -2.51. The first-order valence-electron chi connectivity index (χ1n) is 6.15. The molecular formula is C14H15FN2O3. The summed E-state index contributed by atoms with van der Waals surface area (Å²) < 4.78 is 12.9. The van der Waals surface area contributed by atoms with Crippen molar-refractivity contribution in [2.45, 2.75) is 19.4 Å². The van der Waals surface area contributed by atoms with Crippen LogP contribution in [0.15, 0.2) is 29.3 Å². The Morgan fingerprint density at radius 2 is 2.00 bits per heavy atom. The van der Waals surface area contributed by atoms with Crippen molar-refractivity contribution < 1.29 is 19.1 Å². The Morgan fingerprint density at radius 1 is 1.40 bits per heavy atom. The molecule has 1 amide bonds. The van der Waals surface area contributed by atoms with Gasteiger partial charge in [-0.3, -0.25) is 14.6 Å². The third-order valence-electron chi connectivity index (χ3n) is 2.93. The summed E-state index contributed by atoms with van der Waals surface area (Å²) in [6.45, 7) is 3.50. The zero-order valence-electron chi connectivity index (χ0n) is 11.3. The molecule has 0 aliphatic carbocycles. The first-order valence-corrected chi connectivity index (χ1v) is 6.15. The highest BCUT2D eigenvalue weighted by Crippen LogP contribution is 2.21. The normalized spacial score (nSPS) is 17.9. The fourth-order valence-electron chi connectivity index (χ4n) is 2.16. The van der Waals surface area contributed by atoms with Crippen LogP contribution in [0.25, 0.3) is 0 Å². The number of nitrogens with zero attached hydrogens (tertiary/aromatic N) is 2. The van der Waals surface area contributed by atoms with E-state index in [2.05, 4.69) is 4.99 Å². The van der Waals surface area contributed by atoms with E-state index < -0.39 is 23.2 Å². The minimum absolute atomic E-state index is 0.169. The second kappa shape index (κ2) is 5.03. The van der Waals surface area contributed by atoms with Gasteiger partial charge in [-0.05, 0) is 38.1 Å². The van der Waals surface area contributed by atoms with Gasteiger partial charge in [-0.1, -0.05) is 0 Å². The third-order valence-corrected chi connectivity index (χ3v) is 2.93. The highest BCUT2D eigenvalue weighted by molar-refractivity contribution is 6.45. The molecule has 1 N–H and O–H groups in total. The summed E-state index contributed by atoms with van der Waals surface area (Å²) in [5, 5.41) is 8.86. The molecule has 5 nitrogen and oxygen atoms in total. The van der Waals surface area contributed by atoms with Crippen LogP contribution in [0.3, 0.4) is 0 Å². The Morgan fingerprint density at radius 3 is 2.55 bits per heavy atom. The Kier molecular flexibility index (Phi) is 3.57. The summed E-state index contributed by atoms with van der Waals surface area (Å²) in [6.07, 6.45) is 0. The van der Waals surface area contributed by atoms with E-state index in [1.807, 2.05) is 13.8 Å². The molecule has 0 bridgehead atoms. The fraction of sp³-hybridized carbons (Fsp3) is 0.357. The van der Waals surface area contributed by atoms with Gasteiger partial charge in [-0.15, -0.1) is 0 Å². The van der Waals surface area contributed by atoms with Gasteiger partial charge in [0.05, 0.1) is 5.54 Å². The van der Waals surface area contributed by atoms with Crippen molar-refractivity contribution in [3.8, 4) is 0 Å². The second-order valence-corrected chi connectivity index (χ2v) is 5.33. The van der Waals surface area contributed by atoms with E-state index in [4.69, 9.17) is 5.11 Å². The van der Waals surface area contributed by atoms with E-state index >= 15 is 0 Å². The van der Waals surface area contributed by atoms with Gasteiger partial charge >= 0.3 is 5.97 Å². The van der Waals surface area contributed by atoms with Crippen LogP contribution in [0.4, 0.5) is 4.39 Å². The van der Waals surface area contributed by atoms with E-state index in [1.165, 1.54) is 29.2 Å². The molecule has 0 unspecified atom stereocenters. The average molecular weight is 278 g/mol. The van der Waals surface area contributed by atoms with Crippen LogP contribution in [0.1, 0.15) is 19.4 Å². The Balaban J connectivity index is 2.39. The molecule has 0 atom stereocenters. The lowest BCUT2D eigenvalue weighted by molar-refractivity contribution is -0.142. The lowest BCUT2D eigenvalue weighted by atomic mass is 9.98. The predicted molar refractivity (Wildman–Crippen MR) is 71.2 cm³/mol. The number of rotatable bonds is 3. The van der Waals surface area contributed by atoms with Crippen molar-refractivity contribution in [2.75, 3.05) is 13.1 Å². The molecule has 1 aliphatic heterocycles. The smallest absolute Gasteiger partial charge is 0.323 e. The number of aliphatic imine (C=N–C) groups is 1. The maximum atomic E-state index is 12.9. The van der Waals surface area contributed by atoms with Gasteiger partial charge in [-0.25, -0.2) is 4.39 Å². The minimum atomic E-state index is -1.07. The van der Waals surface area contributed by atoms with Gasteiger partial charge < -0.3 is 10.0 Å². The quantitative estimate of drug-likeness (QED) is 0.906. The number of hydrogen-bond acceptors (Lipinski definition) is 3. The molecule has 2 rings (SSSR count). The molecule has 0 saturated heterocycles. The molecule has 0 fully saturated rings. The van der Waals surface area contributed by atoms with Crippen LogP contribution in [-0.4, -0.2) is 46.2 Å². The highest BCUT2D eigenvalue weighted by atomic mass is 19.1. The van der Waals surface area contributed by atoms with Crippen LogP contribution >= 0.6 is 0 Å². The van der Waals surface area contributed by atoms with Crippen LogP contribution in [0.2, 0.25) is 0 Å². The summed E-state index contributed by atoms with van der Waals surface area (Å²) in [4.78, 5) is 28.7. The first kappa shape index (κ1) is 14.2. The second-order valence-electron chi connectivity index (χ2n) is 5.33. The SMILES string of the molecule is CC1(C)CN(CC(=O)O)C(=O)C(c2ccc(F)cc2)=N1. The van der Waals surface area contributed by atoms with Gasteiger partial charge in [0.1, 0.15) is 18.1 Å². The summed E-state index contributed by atoms with van der Waals surface area (Å²) in [5.41, 5.74) is 0.0784. The van der Waals surface area contributed by atoms with Crippen LogP contribution in [0, 0.1) is 5.82 Å². The molecule has 6 heteroatoms. The van der Waals surface area contributed by atoms with Crippen LogP contribution < -0.4 is 0 Å². The van der Waals surface area contributed by atoms with Crippen molar-refractivity contribution in [1.82, 2.24) is 4.90 Å². The van der Waals surface area contributed by atoms with E-state index in [9.17, 15) is 14.0 Å². The molecular weight excluding hydrogens is 263 g/mol. The summed E-state index contributed by atoms with van der Waals surface area (Å²) in [5.74, 6) is -1.92. The van der Waals surface area contributed by atoms with Gasteiger partial charge in [0.15, 0.2) is 0 Å². The van der Waals surface area contributed by atoms with Gasteiger partial charge in [0, 0.05) is 12.1 Å². The minimum Gasteiger partial charge on any atom is -0.480 e. The van der Waals surface area contributed by atoms with Crippen LogP contribution in [0.5, 0.6) is 0 Å². The molecule has 1 aromatic rings. The Bertz CT molecular complexity index is 579. The summed E-state index contributed by atoms with van der Waals surface area (Å²) in [7, 11) is 0. The molecule has 0 radical (unpaired) electrons. The zero-order chi connectivity index (χ0) is 14.9. The average Bonchev–Trinajstić information content (AvgIpc) is 2.33. The van der Waals surface area contributed by atoms with E-state index in [0.717, 1.165) is 0 Å². The van der Waals surface area contributed by atoms with Crippen molar-refractivity contribution >= 4 is 17.6 Å². The number of halogens is 1.